The van der Waals surface area contributed by atoms with Crippen LogP contribution in [0.1, 0.15) is 20.8 Å². The van der Waals surface area contributed by atoms with Crippen molar-refractivity contribution in [1.29, 1.82) is 0 Å². The van der Waals surface area contributed by atoms with Gasteiger partial charge in [0.2, 0.25) is 0 Å². The molecule has 98 valence electrons. The third-order valence-electron chi connectivity index (χ3n) is 1.22. The maximum atomic E-state index is 10.6. The van der Waals surface area contributed by atoms with Gasteiger partial charge in [0.1, 0.15) is 0 Å². The van der Waals surface area contributed by atoms with Gasteiger partial charge in [-0.25, -0.2) is 4.79 Å². The van der Waals surface area contributed by atoms with Crippen LogP contribution in [-0.2, 0) is 4.79 Å². The molecule has 4 N–H and O–H groups in total. The van der Waals surface area contributed by atoms with Crippen LogP contribution < -0.4 is 11.1 Å². The minimum atomic E-state index is -5.08. The van der Waals surface area contributed by atoms with E-state index in [-0.39, 0.29) is 0 Å². The zero-order chi connectivity index (χ0) is 13.4. The quantitative estimate of drug-likeness (QED) is 0.652. The van der Waals surface area contributed by atoms with Gasteiger partial charge >= 0.3 is 12.1 Å². The van der Waals surface area contributed by atoms with Crippen LogP contribution in [0.25, 0.3) is 0 Å². The molecular weight excluding hydrogens is 225 g/mol. The molecule has 0 atom stereocenters. The lowest BCUT2D eigenvalue weighted by Gasteiger charge is -2.18. The number of carbonyl (C=O) groups is 1. The minimum Gasteiger partial charge on any atom is -0.475 e. The lowest BCUT2D eigenvalue weighted by atomic mass is 9.97. The molecule has 0 saturated carbocycles. The Hall–Kier alpha value is -0.820. The average molecular weight is 244 g/mol. The molecule has 0 aliphatic carbocycles. The summed E-state index contributed by atoms with van der Waals surface area (Å²) in [7, 11) is 0. The number of hydrogen-bond acceptors (Lipinski definition) is 3. The number of halogens is 3. The monoisotopic (exact) mass is 244 g/mol. The molecule has 0 aliphatic heterocycles. The molecule has 0 fully saturated rings. The molecule has 0 spiro atoms. The van der Waals surface area contributed by atoms with Gasteiger partial charge in [0.05, 0.1) is 0 Å². The summed E-state index contributed by atoms with van der Waals surface area (Å²) < 4.78 is 31.7. The maximum absolute atomic E-state index is 10.6. The highest BCUT2D eigenvalue weighted by Crippen LogP contribution is 2.13. The number of alkyl halides is 3. The van der Waals surface area contributed by atoms with Crippen LogP contribution in [0.4, 0.5) is 13.2 Å². The summed E-state index contributed by atoms with van der Waals surface area (Å²) in [5.74, 6) is -2.76. The normalized spacial score (nSPS) is 11.7. The van der Waals surface area contributed by atoms with Crippen molar-refractivity contribution in [1.82, 2.24) is 5.32 Å². The van der Waals surface area contributed by atoms with Crippen molar-refractivity contribution in [2.24, 2.45) is 11.1 Å². The van der Waals surface area contributed by atoms with E-state index >= 15 is 0 Å². The van der Waals surface area contributed by atoms with Gasteiger partial charge in [-0.3, -0.25) is 0 Å². The average Bonchev–Trinajstić information content (AvgIpc) is 2.01. The third kappa shape index (κ3) is 15.6. The van der Waals surface area contributed by atoms with E-state index in [9.17, 15) is 13.2 Å². The van der Waals surface area contributed by atoms with E-state index in [1.54, 1.807) is 0 Å². The van der Waals surface area contributed by atoms with Crippen LogP contribution >= 0.6 is 0 Å². The molecule has 0 heterocycles. The van der Waals surface area contributed by atoms with E-state index in [0.717, 1.165) is 19.6 Å². The van der Waals surface area contributed by atoms with Crippen molar-refractivity contribution < 1.29 is 23.1 Å². The van der Waals surface area contributed by atoms with Gasteiger partial charge in [-0.2, -0.15) is 13.2 Å². The van der Waals surface area contributed by atoms with Crippen molar-refractivity contribution in [3.05, 3.63) is 0 Å². The maximum Gasteiger partial charge on any atom is 0.490 e. The molecule has 16 heavy (non-hydrogen) atoms. The fraction of sp³-hybridized carbons (Fsp3) is 0.889. The molecule has 0 aromatic carbocycles. The highest BCUT2D eigenvalue weighted by molar-refractivity contribution is 5.73. The topological polar surface area (TPSA) is 75.3 Å². The van der Waals surface area contributed by atoms with Crippen LogP contribution in [0.3, 0.4) is 0 Å². The first-order valence-corrected chi connectivity index (χ1v) is 4.71. The fourth-order valence-electron chi connectivity index (χ4n) is 0.565. The SMILES string of the molecule is CC(C)(C)CNCCN.O=C(O)C(F)(F)F. The lowest BCUT2D eigenvalue weighted by molar-refractivity contribution is -0.192. The van der Waals surface area contributed by atoms with Crippen LogP contribution in [0.15, 0.2) is 0 Å². The summed E-state index contributed by atoms with van der Waals surface area (Å²) in [6.07, 6.45) is -5.08. The molecule has 0 aromatic rings. The van der Waals surface area contributed by atoms with Gasteiger partial charge < -0.3 is 16.2 Å². The molecule has 0 aromatic heterocycles. The van der Waals surface area contributed by atoms with Crippen LogP contribution in [0.5, 0.6) is 0 Å². The molecular formula is C9H19F3N2O2. The van der Waals surface area contributed by atoms with E-state index in [0.29, 0.717) is 5.41 Å². The predicted octanol–water partition coefficient (Wildman–Crippen LogP) is 1.21. The summed E-state index contributed by atoms with van der Waals surface area (Å²) in [5, 5.41) is 10.4. The minimum absolute atomic E-state index is 0.384. The van der Waals surface area contributed by atoms with Crippen molar-refractivity contribution >= 4 is 5.97 Å². The molecule has 7 heteroatoms. The van der Waals surface area contributed by atoms with E-state index < -0.39 is 12.1 Å². The van der Waals surface area contributed by atoms with Crippen molar-refractivity contribution in [2.75, 3.05) is 19.6 Å². The van der Waals surface area contributed by atoms with E-state index in [2.05, 4.69) is 26.1 Å². The van der Waals surface area contributed by atoms with E-state index in [1.807, 2.05) is 0 Å². The van der Waals surface area contributed by atoms with E-state index in [1.165, 1.54) is 0 Å². The van der Waals surface area contributed by atoms with Crippen molar-refractivity contribution in [2.45, 2.75) is 26.9 Å². The Morgan fingerprint density at radius 2 is 1.69 bits per heavy atom. The second-order valence-corrected chi connectivity index (χ2v) is 4.33. The molecule has 0 rings (SSSR count). The molecule has 4 nitrogen and oxygen atoms in total. The number of carboxylic acid groups (broad SMARTS) is 1. The Morgan fingerprint density at radius 1 is 1.31 bits per heavy atom. The lowest BCUT2D eigenvalue weighted by Crippen LogP contribution is -2.30. The van der Waals surface area contributed by atoms with Gasteiger partial charge in [-0.15, -0.1) is 0 Å². The summed E-state index contributed by atoms with van der Waals surface area (Å²) in [4.78, 5) is 8.90. The first-order valence-electron chi connectivity index (χ1n) is 4.71. The number of nitrogens with two attached hydrogens (primary N) is 1. The summed E-state index contributed by atoms with van der Waals surface area (Å²) in [5.41, 5.74) is 5.68. The second kappa shape index (κ2) is 7.45. The molecule has 0 radical (unpaired) electrons. The zero-order valence-electron chi connectivity index (χ0n) is 9.69. The standard InChI is InChI=1S/C7H18N2.C2HF3O2/c1-7(2,3)6-9-5-4-8;3-2(4,5)1(6)7/h9H,4-6,8H2,1-3H3;(H,6,7). The number of hydrogen-bond donors (Lipinski definition) is 3. The number of carboxylic acids is 1. The molecule has 0 unspecified atom stereocenters. The molecule has 0 amide bonds. The summed E-state index contributed by atoms with van der Waals surface area (Å²) in [6.45, 7) is 9.32. The van der Waals surface area contributed by atoms with Crippen LogP contribution in [0, 0.1) is 5.41 Å². The second-order valence-electron chi connectivity index (χ2n) is 4.33. The van der Waals surface area contributed by atoms with Gasteiger partial charge in [-0.1, -0.05) is 20.8 Å². The van der Waals surface area contributed by atoms with Gasteiger partial charge in [0, 0.05) is 19.6 Å². The zero-order valence-corrected chi connectivity index (χ0v) is 9.69. The largest absolute Gasteiger partial charge is 0.490 e. The van der Waals surface area contributed by atoms with Gasteiger partial charge in [0.25, 0.3) is 0 Å². The fourth-order valence-corrected chi connectivity index (χ4v) is 0.565. The Balaban J connectivity index is 0. The van der Waals surface area contributed by atoms with Gasteiger partial charge in [0.15, 0.2) is 0 Å². The Labute approximate surface area is 93.0 Å². The van der Waals surface area contributed by atoms with E-state index in [4.69, 9.17) is 15.6 Å². The molecule has 0 bridgehead atoms. The highest BCUT2D eigenvalue weighted by Gasteiger charge is 2.38. The first-order chi connectivity index (χ1) is 7.00. The van der Waals surface area contributed by atoms with Crippen LogP contribution in [0.2, 0.25) is 0 Å². The molecule has 0 aliphatic rings. The highest BCUT2D eigenvalue weighted by atomic mass is 19.4. The number of nitrogens with one attached hydrogen (secondary N) is 1. The number of rotatable bonds is 3. The summed E-state index contributed by atoms with van der Waals surface area (Å²) in [6, 6.07) is 0. The smallest absolute Gasteiger partial charge is 0.475 e. The first kappa shape index (κ1) is 17.6. The third-order valence-corrected chi connectivity index (χ3v) is 1.22. The Morgan fingerprint density at radius 3 is 1.88 bits per heavy atom. The van der Waals surface area contributed by atoms with Crippen molar-refractivity contribution in [3.63, 3.8) is 0 Å². The summed E-state index contributed by atoms with van der Waals surface area (Å²) >= 11 is 0. The Kier molecular flexibility index (Phi) is 8.18. The number of aliphatic carboxylic acids is 1. The van der Waals surface area contributed by atoms with Crippen molar-refractivity contribution in [3.8, 4) is 0 Å². The van der Waals surface area contributed by atoms with Crippen LogP contribution in [-0.4, -0.2) is 36.9 Å². The Bertz CT molecular complexity index is 200. The van der Waals surface area contributed by atoms with Gasteiger partial charge in [-0.05, 0) is 5.41 Å². The predicted molar refractivity (Wildman–Crippen MR) is 55.1 cm³/mol. The molecule has 0 saturated heterocycles.